The molecule has 1 aliphatic heterocycles. The monoisotopic (exact) mass is 510 g/mol. The summed E-state index contributed by atoms with van der Waals surface area (Å²) in [6.45, 7) is 6.56. The van der Waals surface area contributed by atoms with Crippen molar-refractivity contribution in [3.8, 4) is 22.9 Å². The first-order valence-corrected chi connectivity index (χ1v) is 12.6. The Hall–Kier alpha value is -4.49. The van der Waals surface area contributed by atoms with E-state index in [4.69, 9.17) is 15.1 Å². The average Bonchev–Trinajstić information content (AvgIpc) is 3.19. The number of anilines is 1. The van der Waals surface area contributed by atoms with Gasteiger partial charge in [-0.05, 0) is 50.6 Å². The van der Waals surface area contributed by atoms with E-state index in [0.717, 1.165) is 43.0 Å². The lowest BCUT2D eigenvalue weighted by atomic mass is 10.1. The van der Waals surface area contributed by atoms with Crippen LogP contribution in [0.3, 0.4) is 0 Å². The third-order valence-corrected chi connectivity index (χ3v) is 6.40. The van der Waals surface area contributed by atoms with Crippen molar-refractivity contribution in [3.05, 3.63) is 72.4 Å². The molecule has 0 aliphatic carbocycles. The molecule has 10 nitrogen and oxygen atoms in total. The number of fused-ring (bicyclic) bond motifs is 1. The maximum absolute atomic E-state index is 10.1. The Bertz CT molecular complexity index is 1470. The van der Waals surface area contributed by atoms with E-state index < -0.39 is 5.60 Å². The van der Waals surface area contributed by atoms with Crippen molar-refractivity contribution < 1.29 is 9.84 Å². The molecule has 38 heavy (non-hydrogen) atoms. The van der Waals surface area contributed by atoms with E-state index in [9.17, 15) is 10.4 Å². The van der Waals surface area contributed by atoms with Crippen LogP contribution < -0.4 is 9.64 Å². The minimum Gasteiger partial charge on any atom is -0.489 e. The summed E-state index contributed by atoms with van der Waals surface area (Å²) in [6.07, 6.45) is 7.66. The number of amidine groups is 1. The van der Waals surface area contributed by atoms with Crippen LogP contribution in [0.5, 0.6) is 5.75 Å². The largest absolute Gasteiger partial charge is 0.489 e. The Morgan fingerprint density at radius 3 is 2.71 bits per heavy atom. The fraction of sp³-hybridized carbons (Fsp3) is 0.321. The lowest BCUT2D eigenvalue weighted by Gasteiger charge is -2.24. The van der Waals surface area contributed by atoms with Gasteiger partial charge in [-0.15, -0.1) is 0 Å². The van der Waals surface area contributed by atoms with Crippen LogP contribution in [0.1, 0.15) is 31.5 Å². The molecule has 0 bridgehead atoms. The van der Waals surface area contributed by atoms with Gasteiger partial charge in [-0.1, -0.05) is 6.07 Å². The number of rotatable bonds is 6. The summed E-state index contributed by atoms with van der Waals surface area (Å²) >= 11 is 0. The van der Waals surface area contributed by atoms with E-state index in [2.05, 4.69) is 26.0 Å². The third-order valence-electron chi connectivity index (χ3n) is 6.40. The molecule has 1 saturated heterocycles. The van der Waals surface area contributed by atoms with Gasteiger partial charge in [0.15, 0.2) is 0 Å². The Balaban J connectivity index is 1.37. The quantitative estimate of drug-likeness (QED) is 0.299. The first-order chi connectivity index (χ1) is 18.3. The summed E-state index contributed by atoms with van der Waals surface area (Å²) in [4.78, 5) is 13.4. The topological polar surface area (TPSA) is 127 Å². The minimum absolute atomic E-state index is 0.116. The van der Waals surface area contributed by atoms with Crippen LogP contribution in [-0.4, -0.2) is 73.8 Å². The smallest absolute Gasteiger partial charge is 0.147 e. The van der Waals surface area contributed by atoms with Gasteiger partial charge in [-0.3, -0.25) is 10.4 Å². The molecule has 10 heteroatoms. The molecule has 0 unspecified atom stereocenters. The molecule has 2 N–H and O–H groups in total. The molecule has 5 heterocycles. The van der Waals surface area contributed by atoms with E-state index in [1.807, 2.05) is 36.4 Å². The molecular formula is C28H30N8O2. The maximum atomic E-state index is 10.1. The van der Waals surface area contributed by atoms with E-state index in [-0.39, 0.29) is 6.61 Å². The average molecular weight is 511 g/mol. The van der Waals surface area contributed by atoms with Crippen molar-refractivity contribution in [2.75, 3.05) is 37.7 Å². The summed E-state index contributed by atoms with van der Waals surface area (Å²) in [5.41, 5.74) is 2.44. The van der Waals surface area contributed by atoms with Gasteiger partial charge in [-0.2, -0.15) is 10.4 Å². The molecule has 0 spiro atoms. The highest BCUT2D eigenvalue weighted by Gasteiger charge is 2.21. The zero-order chi connectivity index (χ0) is 26.7. The van der Waals surface area contributed by atoms with E-state index in [1.54, 1.807) is 37.0 Å². The molecule has 5 rings (SSSR count). The van der Waals surface area contributed by atoms with Gasteiger partial charge in [0.1, 0.15) is 35.8 Å². The predicted molar refractivity (Wildman–Crippen MR) is 144 cm³/mol. The number of hydrogen-bond donors (Lipinski definition) is 2. The number of nitrogens with zero attached hydrogens (tertiary/aromatic N) is 7. The number of hydrogen-bond acceptors (Lipinski definition) is 8. The highest BCUT2D eigenvalue weighted by molar-refractivity contribution is 5.94. The van der Waals surface area contributed by atoms with Crippen LogP contribution in [0.4, 0.5) is 5.82 Å². The lowest BCUT2D eigenvalue weighted by Crippen LogP contribution is -2.35. The molecule has 0 amide bonds. The Morgan fingerprint density at radius 2 is 2.00 bits per heavy atom. The van der Waals surface area contributed by atoms with E-state index >= 15 is 0 Å². The van der Waals surface area contributed by atoms with Crippen LogP contribution in [0, 0.1) is 16.7 Å². The summed E-state index contributed by atoms with van der Waals surface area (Å²) in [5.74, 6) is 1.84. The van der Waals surface area contributed by atoms with Crippen molar-refractivity contribution in [1.29, 1.82) is 10.7 Å². The Morgan fingerprint density at radius 1 is 1.13 bits per heavy atom. The molecule has 1 fully saturated rings. The Labute approximate surface area is 221 Å². The van der Waals surface area contributed by atoms with Crippen LogP contribution in [0.25, 0.3) is 16.6 Å². The van der Waals surface area contributed by atoms with Crippen molar-refractivity contribution in [1.82, 2.24) is 24.5 Å². The number of nitriles is 1. The molecule has 1 aliphatic rings. The normalized spacial score (nSPS) is 14.3. The second-order valence-electron chi connectivity index (χ2n) is 9.95. The van der Waals surface area contributed by atoms with Gasteiger partial charge >= 0.3 is 0 Å². The van der Waals surface area contributed by atoms with Gasteiger partial charge in [-0.25, -0.2) is 9.50 Å². The zero-order valence-electron chi connectivity index (χ0n) is 21.5. The summed E-state index contributed by atoms with van der Waals surface area (Å²) in [5, 5.41) is 32.6. The molecule has 0 saturated carbocycles. The van der Waals surface area contributed by atoms with Crippen LogP contribution >= 0.6 is 0 Å². The van der Waals surface area contributed by atoms with E-state index in [0.29, 0.717) is 34.9 Å². The second kappa shape index (κ2) is 10.5. The molecular weight excluding hydrogens is 480 g/mol. The molecule has 4 aromatic heterocycles. The number of aromatic nitrogens is 4. The third kappa shape index (κ3) is 5.43. The minimum atomic E-state index is -0.987. The molecule has 0 radical (unpaired) electrons. The molecule has 0 aromatic carbocycles. The number of aliphatic hydroxyl groups is 1. The highest BCUT2D eigenvalue weighted by atomic mass is 16.5. The predicted octanol–water partition coefficient (Wildman–Crippen LogP) is 3.35. The number of pyridine rings is 3. The van der Waals surface area contributed by atoms with E-state index in [1.165, 1.54) is 6.20 Å². The maximum Gasteiger partial charge on any atom is 0.147 e. The second-order valence-corrected chi connectivity index (χ2v) is 9.95. The van der Waals surface area contributed by atoms with Gasteiger partial charge in [0, 0.05) is 49.7 Å². The van der Waals surface area contributed by atoms with Gasteiger partial charge < -0.3 is 19.6 Å². The van der Waals surface area contributed by atoms with Crippen LogP contribution in [0.2, 0.25) is 0 Å². The summed E-state index contributed by atoms with van der Waals surface area (Å²) in [6, 6.07) is 13.7. The van der Waals surface area contributed by atoms with Crippen molar-refractivity contribution >= 4 is 17.2 Å². The molecule has 194 valence electrons. The molecule has 0 atom stereocenters. The molecule has 4 aromatic rings. The summed E-state index contributed by atoms with van der Waals surface area (Å²) in [7, 11) is 0. The number of nitrogens with one attached hydrogen (secondary N) is 1. The summed E-state index contributed by atoms with van der Waals surface area (Å²) < 4.78 is 7.46. The fourth-order valence-corrected chi connectivity index (χ4v) is 4.51. The standard InChI is InChI=1S/C28H30N8O2/c1-28(2,37)19-38-22-14-23(26-21(15-29)17-33-36(26)18-22)20-7-8-25(32-16-20)34-10-5-11-35(13-12-34)27(30)24-6-3-4-9-31-24/h3-4,6-9,14,16-18,30,37H,5,10-13,19H2,1-2H3. The number of ether oxygens (including phenoxy) is 1. The fourth-order valence-electron chi connectivity index (χ4n) is 4.51. The zero-order valence-corrected chi connectivity index (χ0v) is 21.5. The Kier molecular flexibility index (Phi) is 6.94. The first-order valence-electron chi connectivity index (χ1n) is 12.6. The van der Waals surface area contributed by atoms with Crippen molar-refractivity contribution in [2.24, 2.45) is 0 Å². The van der Waals surface area contributed by atoms with Gasteiger partial charge in [0.25, 0.3) is 0 Å². The highest BCUT2D eigenvalue weighted by Crippen LogP contribution is 2.31. The van der Waals surface area contributed by atoms with Crippen LogP contribution in [0.15, 0.2) is 61.2 Å². The first kappa shape index (κ1) is 25.2. The van der Waals surface area contributed by atoms with Gasteiger partial charge in [0.05, 0.1) is 29.1 Å². The van der Waals surface area contributed by atoms with Crippen molar-refractivity contribution in [2.45, 2.75) is 25.9 Å². The lowest BCUT2D eigenvalue weighted by molar-refractivity contribution is 0.0283. The van der Waals surface area contributed by atoms with Crippen molar-refractivity contribution in [3.63, 3.8) is 0 Å². The van der Waals surface area contributed by atoms with Gasteiger partial charge in [0.2, 0.25) is 0 Å². The van der Waals surface area contributed by atoms with Crippen LogP contribution in [-0.2, 0) is 0 Å². The SMILES string of the molecule is CC(C)(O)COc1cc(-c2ccc(N3CCCN(C(=N)c4ccccn4)CC3)nc2)c2c(C#N)cnn2c1.